The molecule has 54 valence electrons. The van der Waals surface area contributed by atoms with Crippen LogP contribution in [0.5, 0.6) is 0 Å². The SMILES string of the molecule is CC(=O)OBr.CC(=O)[O-].[Na+]. The van der Waals surface area contributed by atoms with Crippen molar-refractivity contribution in [2.24, 2.45) is 0 Å². The number of halogens is 1. The van der Waals surface area contributed by atoms with Crippen molar-refractivity contribution in [2.75, 3.05) is 0 Å². The van der Waals surface area contributed by atoms with E-state index in [4.69, 9.17) is 9.90 Å². The first kappa shape index (κ1) is 16.8. The number of hydrogen-bond donors (Lipinski definition) is 0. The van der Waals surface area contributed by atoms with E-state index in [9.17, 15) is 4.79 Å². The molecule has 6 heteroatoms. The molecule has 0 aromatic rings. The first-order valence-electron chi connectivity index (χ1n) is 1.97. The van der Waals surface area contributed by atoms with Gasteiger partial charge < -0.3 is 13.7 Å². The number of carbonyl (C=O) groups is 2. The third kappa shape index (κ3) is 79.2. The van der Waals surface area contributed by atoms with Gasteiger partial charge in [-0.05, 0) is 6.92 Å². The molecule has 0 radical (unpaired) electrons. The maximum absolute atomic E-state index is 9.54. The second kappa shape index (κ2) is 12.1. The minimum atomic E-state index is -1.08. The zero-order valence-electron chi connectivity index (χ0n) is 6.01. The van der Waals surface area contributed by atoms with Crippen LogP contribution in [0.3, 0.4) is 0 Å². The Kier molecular flexibility index (Phi) is 20.4. The summed E-state index contributed by atoms with van der Waals surface area (Å²) in [5, 5.41) is 8.89. The van der Waals surface area contributed by atoms with E-state index >= 15 is 0 Å². The van der Waals surface area contributed by atoms with E-state index in [1.54, 1.807) is 0 Å². The molecule has 0 fully saturated rings. The zero-order chi connectivity index (χ0) is 7.86. The van der Waals surface area contributed by atoms with Crippen molar-refractivity contribution in [2.45, 2.75) is 13.8 Å². The van der Waals surface area contributed by atoms with E-state index in [0.717, 1.165) is 6.92 Å². The van der Waals surface area contributed by atoms with Crippen molar-refractivity contribution in [3.63, 3.8) is 0 Å². The summed E-state index contributed by atoms with van der Waals surface area (Å²) < 4.78 is 3.92. The Balaban J connectivity index is -0.0000000910. The van der Waals surface area contributed by atoms with Crippen molar-refractivity contribution < 1.29 is 48.1 Å². The number of aliphatic carboxylic acids is 1. The average molecular weight is 221 g/mol. The molecule has 0 aliphatic heterocycles. The summed E-state index contributed by atoms with van der Waals surface area (Å²) in [5.74, 6) is -1.41. The molecule has 4 nitrogen and oxygen atoms in total. The smallest absolute Gasteiger partial charge is 0.550 e. The normalized spacial score (nSPS) is 5.90. The first-order chi connectivity index (χ1) is 4.00. The Bertz CT molecular complexity index is 101. The number of rotatable bonds is 0. The molecule has 10 heavy (non-hydrogen) atoms. The fourth-order valence-corrected chi connectivity index (χ4v) is 0. The minimum absolute atomic E-state index is 0. The van der Waals surface area contributed by atoms with Crippen LogP contribution >= 0.6 is 16.3 Å². The Morgan fingerprint density at radius 1 is 1.40 bits per heavy atom. The molecular formula is C4H6BrNaO4. The van der Waals surface area contributed by atoms with Crippen LogP contribution in [-0.2, 0) is 13.4 Å². The van der Waals surface area contributed by atoms with Gasteiger partial charge >= 0.3 is 35.5 Å². The van der Waals surface area contributed by atoms with Gasteiger partial charge in [0.25, 0.3) is 0 Å². The van der Waals surface area contributed by atoms with Crippen LogP contribution in [0.1, 0.15) is 13.8 Å². The summed E-state index contributed by atoms with van der Waals surface area (Å²) in [4.78, 5) is 18.4. The topological polar surface area (TPSA) is 66.4 Å². The van der Waals surface area contributed by atoms with Gasteiger partial charge in [0.15, 0.2) is 16.3 Å². The molecule has 0 heterocycles. The van der Waals surface area contributed by atoms with Crippen LogP contribution in [0.2, 0.25) is 0 Å². The molecule has 0 aliphatic carbocycles. The van der Waals surface area contributed by atoms with Gasteiger partial charge in [0.05, 0.1) is 0 Å². The van der Waals surface area contributed by atoms with Gasteiger partial charge in [0.1, 0.15) is 0 Å². The van der Waals surface area contributed by atoms with Crippen LogP contribution in [0, 0.1) is 0 Å². The molecule has 0 aliphatic rings. The van der Waals surface area contributed by atoms with Crippen LogP contribution in [0.4, 0.5) is 0 Å². The molecule has 0 aromatic heterocycles. The summed E-state index contributed by atoms with van der Waals surface area (Å²) in [6, 6.07) is 0. The monoisotopic (exact) mass is 220 g/mol. The van der Waals surface area contributed by atoms with Gasteiger partial charge in [0.2, 0.25) is 0 Å². The van der Waals surface area contributed by atoms with Crippen LogP contribution in [-0.4, -0.2) is 11.9 Å². The maximum atomic E-state index is 9.54. The van der Waals surface area contributed by atoms with E-state index in [1.165, 1.54) is 6.92 Å². The molecule has 0 rings (SSSR count). The maximum Gasteiger partial charge on any atom is 1.00 e. The molecular weight excluding hydrogens is 215 g/mol. The quantitative estimate of drug-likeness (QED) is 0.400. The largest absolute Gasteiger partial charge is 1.00 e. The van der Waals surface area contributed by atoms with Crippen LogP contribution < -0.4 is 34.7 Å². The fraction of sp³-hybridized carbons (Fsp3) is 0.500. The summed E-state index contributed by atoms with van der Waals surface area (Å²) in [5.41, 5.74) is 0. The van der Waals surface area contributed by atoms with Crippen molar-refractivity contribution >= 4 is 28.2 Å². The Hall–Kier alpha value is 0.420. The van der Waals surface area contributed by atoms with Gasteiger partial charge in [0, 0.05) is 12.9 Å². The van der Waals surface area contributed by atoms with Crippen molar-refractivity contribution in [3.8, 4) is 0 Å². The predicted octanol–water partition coefficient (Wildman–Crippen LogP) is -3.38. The van der Waals surface area contributed by atoms with Gasteiger partial charge in [-0.15, -0.1) is 0 Å². The standard InChI is InChI=1S/C2H3BrO2.C2H4O2.Na/c1-2(4)5-3;1-2(3)4;/h1H3;1H3,(H,3,4);/q;;+1/p-1. The molecule has 0 saturated heterocycles. The van der Waals surface area contributed by atoms with Crippen LogP contribution in [0.25, 0.3) is 0 Å². The second-order valence-corrected chi connectivity index (χ2v) is 1.38. The molecule has 0 unspecified atom stereocenters. The number of hydrogen-bond acceptors (Lipinski definition) is 4. The van der Waals surface area contributed by atoms with E-state index in [2.05, 4.69) is 20.1 Å². The summed E-state index contributed by atoms with van der Waals surface area (Å²) in [7, 11) is 0. The average Bonchev–Trinajstić information content (AvgIpc) is 1.65. The first-order valence-corrected chi connectivity index (χ1v) is 2.62. The van der Waals surface area contributed by atoms with Crippen molar-refractivity contribution in [1.82, 2.24) is 0 Å². The van der Waals surface area contributed by atoms with Gasteiger partial charge in [-0.2, -0.15) is 0 Å². The Morgan fingerprint density at radius 3 is 1.50 bits per heavy atom. The van der Waals surface area contributed by atoms with Gasteiger partial charge in [-0.1, -0.05) is 0 Å². The molecule has 0 aromatic carbocycles. The predicted molar refractivity (Wildman–Crippen MR) is 31.4 cm³/mol. The van der Waals surface area contributed by atoms with Gasteiger partial charge in [-0.3, -0.25) is 4.79 Å². The van der Waals surface area contributed by atoms with E-state index in [0.29, 0.717) is 0 Å². The molecule has 0 saturated carbocycles. The van der Waals surface area contributed by atoms with Crippen molar-refractivity contribution in [1.29, 1.82) is 0 Å². The third-order valence-corrected chi connectivity index (χ3v) is 0.565. The molecule has 0 bridgehead atoms. The van der Waals surface area contributed by atoms with Crippen LogP contribution in [0.15, 0.2) is 0 Å². The molecule has 0 N–H and O–H groups in total. The zero-order valence-corrected chi connectivity index (χ0v) is 9.60. The summed E-state index contributed by atoms with van der Waals surface area (Å²) >= 11 is 2.46. The molecule has 0 atom stereocenters. The van der Waals surface area contributed by atoms with E-state index in [-0.39, 0.29) is 35.5 Å². The van der Waals surface area contributed by atoms with E-state index < -0.39 is 5.97 Å². The molecule has 0 spiro atoms. The second-order valence-electron chi connectivity index (χ2n) is 1.06. The summed E-state index contributed by atoms with van der Waals surface area (Å²) in [6.07, 6.45) is 0. The minimum Gasteiger partial charge on any atom is -0.550 e. The number of carbonyl (C=O) groups excluding carboxylic acids is 2. The Morgan fingerprint density at radius 2 is 1.50 bits per heavy atom. The third-order valence-electron chi connectivity index (χ3n) is 0.109. The molecule has 0 amide bonds. The number of carboxylic acid groups (broad SMARTS) is 1. The van der Waals surface area contributed by atoms with Crippen molar-refractivity contribution in [3.05, 3.63) is 0 Å². The number of carboxylic acids is 1. The summed E-state index contributed by atoms with van der Waals surface area (Å²) in [6.45, 7) is 2.29. The Labute approximate surface area is 89.7 Å². The fourth-order valence-electron chi connectivity index (χ4n) is 0. The van der Waals surface area contributed by atoms with E-state index in [1.807, 2.05) is 0 Å². The van der Waals surface area contributed by atoms with Gasteiger partial charge in [-0.25, -0.2) is 0 Å².